The van der Waals surface area contributed by atoms with Gasteiger partial charge in [-0.2, -0.15) is 4.98 Å². The zero-order valence-electron chi connectivity index (χ0n) is 14.9. The highest BCUT2D eigenvalue weighted by molar-refractivity contribution is 14.0. The normalized spacial score (nSPS) is 10.9. The number of aliphatic imine (C=N–C) groups is 1. The van der Waals surface area contributed by atoms with E-state index in [1.165, 1.54) is 6.07 Å². The molecule has 26 heavy (non-hydrogen) atoms. The summed E-state index contributed by atoms with van der Waals surface area (Å²) in [6.07, 6.45) is 3.99. The van der Waals surface area contributed by atoms with Crippen LogP contribution in [0.1, 0.15) is 23.7 Å². The minimum atomic E-state index is -0.215. The number of rotatable bonds is 9. The van der Waals surface area contributed by atoms with E-state index in [0.29, 0.717) is 50.2 Å². The molecule has 0 radical (unpaired) electrons. The highest BCUT2D eigenvalue weighted by atomic mass is 127. The second-order valence-electron chi connectivity index (χ2n) is 5.55. The molecular weight excluding hydrogens is 448 g/mol. The van der Waals surface area contributed by atoms with Crippen molar-refractivity contribution in [2.75, 3.05) is 19.6 Å². The number of hydrogen-bond donors (Lipinski definition) is 2. The van der Waals surface area contributed by atoms with Crippen LogP contribution in [0.4, 0.5) is 4.39 Å². The fourth-order valence-electron chi connectivity index (χ4n) is 2.22. The highest BCUT2D eigenvalue weighted by Crippen LogP contribution is 2.03. The molecule has 1 heterocycles. The molecule has 0 aliphatic carbocycles. The maximum absolute atomic E-state index is 13.2. The number of aromatic nitrogens is 2. The van der Waals surface area contributed by atoms with Crippen molar-refractivity contribution in [3.05, 3.63) is 60.0 Å². The molecule has 1 aromatic carbocycles. The van der Waals surface area contributed by atoms with E-state index in [1.54, 1.807) is 25.1 Å². The van der Waals surface area contributed by atoms with Gasteiger partial charge in [0.2, 0.25) is 5.89 Å². The standard InChI is InChI=1S/C18H24FN5O.HI/c1-3-10-20-18(21-11-5-8-17-23-14(2)24-25-17)22-12-9-15-6-4-7-16(19)13-15;/h3-4,6-7,13H,1,5,8-12H2,2H3,(H2,20,21,22);1H. The summed E-state index contributed by atoms with van der Waals surface area (Å²) in [5, 5.41) is 10.2. The smallest absolute Gasteiger partial charge is 0.226 e. The van der Waals surface area contributed by atoms with E-state index in [9.17, 15) is 4.39 Å². The first-order chi connectivity index (χ1) is 12.2. The van der Waals surface area contributed by atoms with Crippen molar-refractivity contribution in [1.29, 1.82) is 0 Å². The molecule has 8 heteroatoms. The maximum Gasteiger partial charge on any atom is 0.226 e. The topological polar surface area (TPSA) is 75.3 Å². The summed E-state index contributed by atoms with van der Waals surface area (Å²) < 4.78 is 18.3. The number of nitrogens with one attached hydrogen (secondary N) is 2. The van der Waals surface area contributed by atoms with Gasteiger partial charge in [0.1, 0.15) is 5.82 Å². The first kappa shape index (κ1) is 22.1. The third-order valence-electron chi connectivity index (χ3n) is 3.40. The number of nitrogens with zero attached hydrogens (tertiary/aromatic N) is 3. The Labute approximate surface area is 170 Å². The maximum atomic E-state index is 13.2. The van der Waals surface area contributed by atoms with Crippen molar-refractivity contribution in [1.82, 2.24) is 20.8 Å². The lowest BCUT2D eigenvalue weighted by Crippen LogP contribution is -2.38. The zero-order chi connectivity index (χ0) is 17.9. The summed E-state index contributed by atoms with van der Waals surface area (Å²) in [5.41, 5.74) is 0.947. The van der Waals surface area contributed by atoms with Gasteiger partial charge in [0.15, 0.2) is 11.8 Å². The lowest BCUT2D eigenvalue weighted by atomic mass is 10.1. The Balaban J connectivity index is 0.00000338. The van der Waals surface area contributed by atoms with Crippen LogP contribution in [0.3, 0.4) is 0 Å². The monoisotopic (exact) mass is 473 g/mol. The summed E-state index contributed by atoms with van der Waals surface area (Å²) in [6, 6.07) is 6.61. The third kappa shape index (κ3) is 8.41. The largest absolute Gasteiger partial charge is 0.356 e. The molecule has 142 valence electrons. The first-order valence-electron chi connectivity index (χ1n) is 8.34. The molecule has 1 aromatic heterocycles. The summed E-state index contributed by atoms with van der Waals surface area (Å²) in [7, 11) is 0. The van der Waals surface area contributed by atoms with Gasteiger partial charge in [-0.3, -0.25) is 4.99 Å². The van der Waals surface area contributed by atoms with E-state index in [-0.39, 0.29) is 29.8 Å². The molecule has 0 saturated carbocycles. The van der Waals surface area contributed by atoms with Gasteiger partial charge in [0.05, 0.1) is 0 Å². The summed E-state index contributed by atoms with van der Waals surface area (Å²) in [5.74, 6) is 1.77. The van der Waals surface area contributed by atoms with Crippen molar-refractivity contribution < 1.29 is 8.91 Å². The molecule has 0 atom stereocenters. The van der Waals surface area contributed by atoms with E-state index in [0.717, 1.165) is 12.0 Å². The summed E-state index contributed by atoms with van der Waals surface area (Å²) >= 11 is 0. The Kier molecular flexibility index (Phi) is 10.5. The van der Waals surface area contributed by atoms with Crippen LogP contribution in [0.15, 0.2) is 46.4 Å². The predicted octanol–water partition coefficient (Wildman–Crippen LogP) is 3.03. The number of guanidine groups is 1. The SMILES string of the molecule is C=CCNC(=NCCCc1nc(C)no1)NCCc1cccc(F)c1.I. The number of benzene rings is 1. The lowest BCUT2D eigenvalue weighted by Gasteiger charge is -2.11. The van der Waals surface area contributed by atoms with E-state index < -0.39 is 0 Å². The van der Waals surface area contributed by atoms with Crippen LogP contribution in [0.2, 0.25) is 0 Å². The quantitative estimate of drug-likeness (QED) is 0.193. The molecule has 6 nitrogen and oxygen atoms in total. The van der Waals surface area contributed by atoms with Crippen molar-refractivity contribution in [2.24, 2.45) is 4.99 Å². The number of aryl methyl sites for hydroxylation is 2. The lowest BCUT2D eigenvalue weighted by molar-refractivity contribution is 0.372. The van der Waals surface area contributed by atoms with Crippen molar-refractivity contribution >= 4 is 29.9 Å². The minimum absolute atomic E-state index is 0. The summed E-state index contributed by atoms with van der Waals surface area (Å²) in [6.45, 7) is 7.41. The van der Waals surface area contributed by atoms with Gasteiger partial charge >= 0.3 is 0 Å². The average Bonchev–Trinajstić information content (AvgIpc) is 3.01. The van der Waals surface area contributed by atoms with Crippen LogP contribution in [-0.2, 0) is 12.8 Å². The average molecular weight is 473 g/mol. The van der Waals surface area contributed by atoms with Crippen molar-refractivity contribution in [3.63, 3.8) is 0 Å². The first-order valence-corrected chi connectivity index (χ1v) is 8.34. The second-order valence-corrected chi connectivity index (χ2v) is 5.55. The van der Waals surface area contributed by atoms with Gasteiger partial charge in [0.25, 0.3) is 0 Å². The molecule has 0 saturated heterocycles. The van der Waals surface area contributed by atoms with Crippen molar-refractivity contribution in [2.45, 2.75) is 26.2 Å². The molecular formula is C18H25FIN5O. The van der Waals surface area contributed by atoms with Crippen molar-refractivity contribution in [3.8, 4) is 0 Å². The highest BCUT2D eigenvalue weighted by Gasteiger charge is 2.02. The van der Waals surface area contributed by atoms with Crippen LogP contribution >= 0.6 is 24.0 Å². The fourth-order valence-corrected chi connectivity index (χ4v) is 2.22. The number of halogens is 2. The van der Waals surface area contributed by atoms with E-state index in [4.69, 9.17) is 4.52 Å². The van der Waals surface area contributed by atoms with Gasteiger partial charge in [0, 0.05) is 26.1 Å². The Morgan fingerprint density at radius 3 is 2.88 bits per heavy atom. The van der Waals surface area contributed by atoms with E-state index >= 15 is 0 Å². The molecule has 0 bridgehead atoms. The van der Waals surface area contributed by atoms with Gasteiger partial charge in [-0.05, 0) is 37.5 Å². The molecule has 0 unspecified atom stereocenters. The Hall–Kier alpha value is -1.97. The Bertz CT molecular complexity index is 704. The van der Waals surface area contributed by atoms with Gasteiger partial charge < -0.3 is 15.2 Å². The van der Waals surface area contributed by atoms with Crippen LogP contribution in [0.5, 0.6) is 0 Å². The van der Waals surface area contributed by atoms with Gasteiger partial charge in [-0.25, -0.2) is 4.39 Å². The molecule has 0 spiro atoms. The fraction of sp³-hybridized carbons (Fsp3) is 0.389. The van der Waals surface area contributed by atoms with Gasteiger partial charge in [-0.1, -0.05) is 23.4 Å². The van der Waals surface area contributed by atoms with Crippen LogP contribution in [0.25, 0.3) is 0 Å². The van der Waals surface area contributed by atoms with E-state index in [1.807, 2.05) is 6.07 Å². The van der Waals surface area contributed by atoms with E-state index in [2.05, 4.69) is 32.3 Å². The second kappa shape index (κ2) is 12.4. The Morgan fingerprint density at radius 1 is 1.35 bits per heavy atom. The molecule has 2 rings (SSSR count). The molecule has 0 amide bonds. The predicted molar refractivity (Wildman–Crippen MR) is 111 cm³/mol. The third-order valence-corrected chi connectivity index (χ3v) is 3.40. The summed E-state index contributed by atoms with van der Waals surface area (Å²) in [4.78, 5) is 8.68. The van der Waals surface area contributed by atoms with Crippen LogP contribution in [-0.4, -0.2) is 35.7 Å². The number of hydrogen-bond acceptors (Lipinski definition) is 4. The zero-order valence-corrected chi connectivity index (χ0v) is 17.2. The molecule has 2 aromatic rings. The molecule has 2 N–H and O–H groups in total. The van der Waals surface area contributed by atoms with Crippen LogP contribution < -0.4 is 10.6 Å². The molecule has 0 aliphatic heterocycles. The molecule has 0 fully saturated rings. The Morgan fingerprint density at radius 2 is 2.19 bits per heavy atom. The van der Waals surface area contributed by atoms with Crippen LogP contribution in [0, 0.1) is 12.7 Å². The molecule has 0 aliphatic rings. The minimum Gasteiger partial charge on any atom is -0.356 e. The van der Waals surface area contributed by atoms with Gasteiger partial charge in [-0.15, -0.1) is 30.6 Å².